The van der Waals surface area contributed by atoms with E-state index >= 15 is 0 Å². The number of carbonyl (C=O) groups is 4. The van der Waals surface area contributed by atoms with E-state index in [1.807, 2.05) is 19.9 Å². The summed E-state index contributed by atoms with van der Waals surface area (Å²) in [5.41, 5.74) is 2.42. The Labute approximate surface area is 173 Å². The molecule has 1 aromatic carbocycles. The molecular weight excluding hydrogens is 396 g/mol. The largest absolute Gasteiger partial charge is 0.466 e. The molecule has 1 fully saturated rings. The smallest absolute Gasteiger partial charge is 0.333 e. The van der Waals surface area contributed by atoms with Gasteiger partial charge in [-0.3, -0.25) is 14.4 Å². The molecule has 29 heavy (non-hydrogen) atoms. The van der Waals surface area contributed by atoms with Crippen molar-refractivity contribution in [3.8, 4) is 0 Å². The predicted octanol–water partition coefficient (Wildman–Crippen LogP) is 1.56. The molecule has 1 aliphatic rings. The van der Waals surface area contributed by atoms with E-state index in [1.165, 1.54) is 29.8 Å². The highest BCUT2D eigenvalue weighted by molar-refractivity contribution is 8.04. The van der Waals surface area contributed by atoms with E-state index in [9.17, 15) is 19.2 Å². The molecule has 0 atom stereocenters. The summed E-state index contributed by atoms with van der Waals surface area (Å²) in [7, 11) is 1.27. The quantitative estimate of drug-likeness (QED) is 0.387. The molecule has 1 N–H and O–H groups in total. The minimum Gasteiger partial charge on any atom is -0.466 e. The molecular formula is C20H24N2O6S. The summed E-state index contributed by atoms with van der Waals surface area (Å²) in [6.07, 6.45) is 1.67. The van der Waals surface area contributed by atoms with Gasteiger partial charge in [-0.05, 0) is 32.4 Å². The summed E-state index contributed by atoms with van der Waals surface area (Å²) in [5.74, 6) is -1.29. The van der Waals surface area contributed by atoms with Crippen LogP contribution in [0.4, 0.5) is 0 Å². The first-order valence-corrected chi connectivity index (χ1v) is 10.0. The molecule has 1 heterocycles. The Kier molecular flexibility index (Phi) is 8.26. The van der Waals surface area contributed by atoms with Crippen LogP contribution in [0.1, 0.15) is 27.9 Å². The van der Waals surface area contributed by atoms with E-state index in [4.69, 9.17) is 4.74 Å². The van der Waals surface area contributed by atoms with Crippen molar-refractivity contribution in [2.24, 2.45) is 0 Å². The van der Waals surface area contributed by atoms with Gasteiger partial charge in [0.25, 0.3) is 5.91 Å². The Bertz CT molecular complexity index is 816. The monoisotopic (exact) mass is 420 g/mol. The number of rotatable bonds is 8. The second-order valence-electron chi connectivity index (χ2n) is 6.47. The number of carbonyl (C=O) groups excluding carboxylic acids is 4. The molecule has 0 radical (unpaired) electrons. The normalized spacial score (nSPS) is 14.8. The molecule has 0 spiro atoms. The van der Waals surface area contributed by atoms with Crippen LogP contribution in [-0.4, -0.2) is 61.2 Å². The Morgan fingerprint density at radius 3 is 2.55 bits per heavy atom. The van der Waals surface area contributed by atoms with Crippen molar-refractivity contribution in [1.29, 1.82) is 0 Å². The number of benzene rings is 1. The third kappa shape index (κ3) is 6.94. The van der Waals surface area contributed by atoms with Gasteiger partial charge in [0.15, 0.2) is 0 Å². The highest BCUT2D eigenvalue weighted by Gasteiger charge is 2.27. The Balaban J connectivity index is 1.73. The number of methoxy groups -OCH3 is 1. The fourth-order valence-electron chi connectivity index (χ4n) is 2.75. The number of hydrogen-bond acceptors (Lipinski definition) is 7. The van der Waals surface area contributed by atoms with Crippen molar-refractivity contribution in [3.05, 3.63) is 46.0 Å². The first-order valence-electron chi connectivity index (χ1n) is 9.05. The van der Waals surface area contributed by atoms with Crippen LogP contribution in [-0.2, 0) is 23.9 Å². The van der Waals surface area contributed by atoms with Crippen molar-refractivity contribution in [1.82, 2.24) is 10.2 Å². The van der Waals surface area contributed by atoms with Crippen LogP contribution >= 0.6 is 11.8 Å². The fourth-order valence-corrected chi connectivity index (χ4v) is 3.70. The highest BCUT2D eigenvalue weighted by atomic mass is 32.2. The number of amides is 2. The molecule has 9 heteroatoms. The van der Waals surface area contributed by atoms with Gasteiger partial charge in [0, 0.05) is 12.1 Å². The van der Waals surface area contributed by atoms with Crippen LogP contribution in [0.5, 0.6) is 0 Å². The number of nitrogens with one attached hydrogen (secondary N) is 1. The van der Waals surface area contributed by atoms with E-state index in [-0.39, 0.29) is 30.7 Å². The summed E-state index contributed by atoms with van der Waals surface area (Å²) in [6, 6.07) is 5.46. The Morgan fingerprint density at radius 1 is 1.21 bits per heavy atom. The molecule has 0 unspecified atom stereocenters. The van der Waals surface area contributed by atoms with Gasteiger partial charge in [-0.25, -0.2) is 4.79 Å². The van der Waals surface area contributed by atoms with Crippen molar-refractivity contribution in [3.63, 3.8) is 0 Å². The lowest BCUT2D eigenvalue weighted by molar-refractivity contribution is -0.142. The Morgan fingerprint density at radius 2 is 1.90 bits per heavy atom. The lowest BCUT2D eigenvalue weighted by Crippen LogP contribution is -2.31. The molecule has 1 aromatic rings. The van der Waals surface area contributed by atoms with Crippen LogP contribution < -0.4 is 5.32 Å². The van der Waals surface area contributed by atoms with E-state index < -0.39 is 11.9 Å². The van der Waals surface area contributed by atoms with Crippen molar-refractivity contribution >= 4 is 35.5 Å². The molecule has 2 amide bonds. The van der Waals surface area contributed by atoms with Gasteiger partial charge < -0.3 is 19.7 Å². The average Bonchev–Trinajstić information content (AvgIpc) is 3.01. The third-order valence-electron chi connectivity index (χ3n) is 4.02. The van der Waals surface area contributed by atoms with E-state index in [1.54, 1.807) is 12.1 Å². The van der Waals surface area contributed by atoms with E-state index in [0.717, 1.165) is 11.1 Å². The number of aryl methyl sites for hydroxylation is 2. The molecule has 156 valence electrons. The van der Waals surface area contributed by atoms with Crippen LogP contribution in [0.2, 0.25) is 0 Å². The van der Waals surface area contributed by atoms with Gasteiger partial charge in [-0.1, -0.05) is 29.0 Å². The lowest BCUT2D eigenvalue weighted by Gasteiger charge is -2.16. The van der Waals surface area contributed by atoms with Crippen LogP contribution in [0.3, 0.4) is 0 Å². The summed E-state index contributed by atoms with van der Waals surface area (Å²) in [4.78, 5) is 48.7. The highest BCUT2D eigenvalue weighted by Crippen LogP contribution is 2.28. The van der Waals surface area contributed by atoms with Gasteiger partial charge in [-0.15, -0.1) is 0 Å². The zero-order valence-electron chi connectivity index (χ0n) is 16.6. The van der Waals surface area contributed by atoms with Gasteiger partial charge in [0.1, 0.15) is 6.54 Å². The standard InChI is InChI=1S/C20H24N2O6S/c1-13-7-14(2)9-15(8-13)20(26)21-11-19(25)28-6-4-5-22-16(23)12-29-17(22)10-18(24)27-3/h7-10H,4-6,11-12H2,1-3H3,(H,21,26)/b17-10+. The van der Waals surface area contributed by atoms with Crippen LogP contribution in [0, 0.1) is 13.8 Å². The van der Waals surface area contributed by atoms with Crippen molar-refractivity contribution in [2.75, 3.05) is 32.6 Å². The van der Waals surface area contributed by atoms with Crippen molar-refractivity contribution < 1.29 is 28.7 Å². The molecule has 8 nitrogen and oxygen atoms in total. The Hall–Kier alpha value is -2.81. The molecule has 0 aliphatic carbocycles. The van der Waals surface area contributed by atoms with Gasteiger partial charge >= 0.3 is 11.9 Å². The fraction of sp³-hybridized carbons (Fsp3) is 0.400. The summed E-state index contributed by atoms with van der Waals surface area (Å²) >= 11 is 1.26. The minimum absolute atomic E-state index is 0.0954. The van der Waals surface area contributed by atoms with Crippen molar-refractivity contribution in [2.45, 2.75) is 20.3 Å². The molecule has 0 saturated carbocycles. The average molecular weight is 420 g/mol. The number of ether oxygens (including phenoxy) is 2. The number of esters is 2. The summed E-state index contributed by atoms with van der Waals surface area (Å²) in [5, 5.41) is 3.06. The third-order valence-corrected chi connectivity index (χ3v) is 5.04. The predicted molar refractivity (Wildman–Crippen MR) is 108 cm³/mol. The molecule has 0 aromatic heterocycles. The minimum atomic E-state index is -0.560. The van der Waals surface area contributed by atoms with Gasteiger partial charge in [0.2, 0.25) is 5.91 Å². The zero-order chi connectivity index (χ0) is 21.4. The van der Waals surface area contributed by atoms with Crippen LogP contribution in [0.25, 0.3) is 0 Å². The second kappa shape index (κ2) is 10.7. The van der Waals surface area contributed by atoms with Gasteiger partial charge in [0.05, 0.1) is 30.6 Å². The summed E-state index contributed by atoms with van der Waals surface area (Å²) < 4.78 is 9.67. The molecule has 2 rings (SSSR count). The molecule has 1 aliphatic heterocycles. The number of nitrogens with zero attached hydrogens (tertiary/aromatic N) is 1. The summed E-state index contributed by atoms with van der Waals surface area (Å²) in [6.45, 7) is 3.97. The van der Waals surface area contributed by atoms with E-state index in [0.29, 0.717) is 23.6 Å². The van der Waals surface area contributed by atoms with Gasteiger partial charge in [-0.2, -0.15) is 0 Å². The van der Waals surface area contributed by atoms with E-state index in [2.05, 4.69) is 10.1 Å². The first-order chi connectivity index (χ1) is 13.8. The number of thioether (sulfide) groups is 1. The zero-order valence-corrected chi connectivity index (χ0v) is 17.5. The number of hydrogen-bond donors (Lipinski definition) is 1. The first kappa shape index (κ1) is 22.5. The topological polar surface area (TPSA) is 102 Å². The molecule has 1 saturated heterocycles. The maximum atomic E-state index is 12.1. The SMILES string of the molecule is COC(=O)/C=C1/SCC(=O)N1CCCOC(=O)CNC(=O)c1cc(C)cc(C)c1. The second-order valence-corrected chi connectivity index (χ2v) is 7.47. The lowest BCUT2D eigenvalue weighted by atomic mass is 10.1. The molecule has 0 bridgehead atoms. The maximum Gasteiger partial charge on any atom is 0.333 e. The van der Waals surface area contributed by atoms with Crippen LogP contribution in [0.15, 0.2) is 29.3 Å². The maximum absolute atomic E-state index is 12.1.